The number of anilines is 1. The van der Waals surface area contributed by atoms with Crippen molar-refractivity contribution in [1.82, 2.24) is 9.78 Å². The molecule has 3 aromatic rings. The van der Waals surface area contributed by atoms with Crippen LogP contribution in [0.25, 0.3) is 16.3 Å². The summed E-state index contributed by atoms with van der Waals surface area (Å²) >= 11 is 13.9. The summed E-state index contributed by atoms with van der Waals surface area (Å²) in [5, 5.41) is 9.03. The summed E-state index contributed by atoms with van der Waals surface area (Å²) in [6, 6.07) is 9.84. The molecule has 0 bridgehead atoms. The molecule has 0 atom stereocenters. The molecular weight excluding hydrogens is 337 g/mol. The SMILES string of the molecule is Cc1c(Cl)cccc1-n1nc(-c2ccc(Cl)s2)c2c1NCC2. The van der Waals surface area contributed by atoms with Crippen LogP contribution in [0.2, 0.25) is 9.36 Å². The van der Waals surface area contributed by atoms with Crippen LogP contribution in [0.15, 0.2) is 30.3 Å². The number of hydrogen-bond acceptors (Lipinski definition) is 3. The number of benzene rings is 1. The highest BCUT2D eigenvalue weighted by Crippen LogP contribution is 2.39. The number of thiophene rings is 1. The molecule has 0 unspecified atom stereocenters. The van der Waals surface area contributed by atoms with Gasteiger partial charge in [-0.3, -0.25) is 0 Å². The van der Waals surface area contributed by atoms with Crippen molar-refractivity contribution < 1.29 is 0 Å². The van der Waals surface area contributed by atoms with Crippen molar-refractivity contribution in [2.45, 2.75) is 13.3 Å². The van der Waals surface area contributed by atoms with E-state index in [-0.39, 0.29) is 0 Å². The predicted octanol–water partition coefficient (Wildman–Crippen LogP) is 5.18. The monoisotopic (exact) mass is 349 g/mol. The minimum Gasteiger partial charge on any atom is -0.369 e. The second-order valence-electron chi connectivity index (χ2n) is 5.25. The van der Waals surface area contributed by atoms with Crippen LogP contribution in [0.1, 0.15) is 11.1 Å². The lowest BCUT2D eigenvalue weighted by atomic mass is 10.2. The number of nitrogens with one attached hydrogen (secondary N) is 1. The number of nitrogens with zero attached hydrogens (tertiary/aromatic N) is 2. The summed E-state index contributed by atoms with van der Waals surface area (Å²) in [7, 11) is 0. The van der Waals surface area contributed by atoms with E-state index in [0.717, 1.165) is 50.0 Å². The van der Waals surface area contributed by atoms with Crippen LogP contribution < -0.4 is 5.32 Å². The van der Waals surface area contributed by atoms with Crippen molar-refractivity contribution in [3.05, 3.63) is 50.8 Å². The number of hydrogen-bond donors (Lipinski definition) is 1. The van der Waals surface area contributed by atoms with E-state index in [4.69, 9.17) is 28.3 Å². The third kappa shape index (κ3) is 2.14. The average Bonchev–Trinajstić information content (AvgIpc) is 3.18. The highest BCUT2D eigenvalue weighted by molar-refractivity contribution is 7.19. The van der Waals surface area contributed by atoms with E-state index >= 15 is 0 Å². The van der Waals surface area contributed by atoms with E-state index in [0.29, 0.717) is 0 Å². The van der Waals surface area contributed by atoms with Crippen LogP contribution in [-0.4, -0.2) is 16.3 Å². The first kappa shape index (κ1) is 14.1. The summed E-state index contributed by atoms with van der Waals surface area (Å²) in [6.45, 7) is 2.95. The summed E-state index contributed by atoms with van der Waals surface area (Å²) < 4.78 is 2.75. The zero-order chi connectivity index (χ0) is 15.3. The van der Waals surface area contributed by atoms with Crippen molar-refractivity contribution in [3.8, 4) is 16.3 Å². The van der Waals surface area contributed by atoms with Crippen LogP contribution in [0.3, 0.4) is 0 Å². The maximum atomic E-state index is 6.26. The lowest BCUT2D eigenvalue weighted by Gasteiger charge is -2.10. The fourth-order valence-corrected chi connectivity index (χ4v) is 4.04. The van der Waals surface area contributed by atoms with Gasteiger partial charge in [0.15, 0.2) is 0 Å². The van der Waals surface area contributed by atoms with Gasteiger partial charge in [-0.25, -0.2) is 4.68 Å². The number of halogens is 2. The fraction of sp³-hybridized carbons (Fsp3) is 0.188. The molecule has 3 heterocycles. The Kier molecular flexibility index (Phi) is 3.40. The number of rotatable bonds is 2. The van der Waals surface area contributed by atoms with Crippen LogP contribution in [-0.2, 0) is 6.42 Å². The molecule has 112 valence electrons. The van der Waals surface area contributed by atoms with E-state index in [1.165, 1.54) is 5.56 Å². The normalized spacial score (nSPS) is 13.2. The summed E-state index contributed by atoms with van der Waals surface area (Å²) in [5.41, 5.74) is 4.29. The van der Waals surface area contributed by atoms with Crippen molar-refractivity contribution in [1.29, 1.82) is 0 Å². The Hall–Kier alpha value is -1.49. The fourth-order valence-electron chi connectivity index (χ4n) is 2.81. The van der Waals surface area contributed by atoms with Gasteiger partial charge in [-0.15, -0.1) is 11.3 Å². The first-order chi connectivity index (χ1) is 10.6. The molecule has 3 nitrogen and oxygen atoms in total. The van der Waals surface area contributed by atoms with E-state index < -0.39 is 0 Å². The van der Waals surface area contributed by atoms with Gasteiger partial charge in [0.2, 0.25) is 0 Å². The van der Waals surface area contributed by atoms with Crippen LogP contribution in [0.5, 0.6) is 0 Å². The Morgan fingerprint density at radius 2 is 2.09 bits per heavy atom. The summed E-state index contributed by atoms with van der Waals surface area (Å²) in [5.74, 6) is 1.06. The van der Waals surface area contributed by atoms with Gasteiger partial charge in [0.05, 0.1) is 14.9 Å². The first-order valence-corrected chi connectivity index (χ1v) is 8.59. The van der Waals surface area contributed by atoms with Gasteiger partial charge < -0.3 is 5.32 Å². The van der Waals surface area contributed by atoms with Crippen LogP contribution in [0, 0.1) is 6.92 Å². The van der Waals surface area contributed by atoms with Gasteiger partial charge in [-0.2, -0.15) is 5.10 Å². The molecule has 0 fully saturated rings. The molecule has 1 N–H and O–H groups in total. The number of fused-ring (bicyclic) bond motifs is 1. The Labute approximate surface area is 142 Å². The van der Waals surface area contributed by atoms with Gasteiger partial charge >= 0.3 is 0 Å². The maximum Gasteiger partial charge on any atom is 0.133 e. The van der Waals surface area contributed by atoms with Gasteiger partial charge in [-0.05, 0) is 43.2 Å². The van der Waals surface area contributed by atoms with E-state index in [9.17, 15) is 0 Å². The molecule has 0 aliphatic carbocycles. The Balaban J connectivity index is 1.93. The first-order valence-electron chi connectivity index (χ1n) is 7.02. The number of aromatic nitrogens is 2. The molecule has 0 amide bonds. The molecule has 22 heavy (non-hydrogen) atoms. The van der Waals surface area contributed by atoms with E-state index in [1.54, 1.807) is 11.3 Å². The molecular formula is C16H13Cl2N3S. The predicted molar refractivity (Wildman–Crippen MR) is 93.8 cm³/mol. The molecule has 0 saturated carbocycles. The zero-order valence-electron chi connectivity index (χ0n) is 11.9. The Bertz CT molecular complexity index is 866. The zero-order valence-corrected chi connectivity index (χ0v) is 14.2. The molecule has 2 aromatic heterocycles. The molecule has 6 heteroatoms. The molecule has 0 saturated heterocycles. The third-order valence-corrected chi connectivity index (χ3v) is 5.57. The third-order valence-electron chi connectivity index (χ3n) is 3.92. The van der Waals surface area contributed by atoms with Crippen molar-refractivity contribution in [2.24, 2.45) is 0 Å². The molecule has 1 aliphatic heterocycles. The Morgan fingerprint density at radius 1 is 1.23 bits per heavy atom. The molecule has 1 aromatic carbocycles. The van der Waals surface area contributed by atoms with Crippen molar-refractivity contribution in [3.63, 3.8) is 0 Å². The summed E-state index contributed by atoms with van der Waals surface area (Å²) in [6.07, 6.45) is 0.972. The molecule has 0 spiro atoms. The van der Waals surface area contributed by atoms with Gasteiger partial charge in [0.25, 0.3) is 0 Å². The molecule has 4 rings (SSSR count). The van der Waals surface area contributed by atoms with Gasteiger partial charge in [-0.1, -0.05) is 29.3 Å². The van der Waals surface area contributed by atoms with E-state index in [1.807, 2.05) is 41.9 Å². The standard InChI is InChI=1S/C16H13Cl2N3S/c1-9-11(17)3-2-4-12(9)21-16-10(7-8-19-16)15(20-21)13-5-6-14(18)22-13/h2-6,19H,7-8H2,1H3. The lowest BCUT2D eigenvalue weighted by Crippen LogP contribution is -2.05. The average molecular weight is 350 g/mol. The highest BCUT2D eigenvalue weighted by atomic mass is 35.5. The molecule has 0 radical (unpaired) electrons. The smallest absolute Gasteiger partial charge is 0.133 e. The lowest BCUT2D eigenvalue weighted by molar-refractivity contribution is 0.876. The van der Waals surface area contributed by atoms with Crippen molar-refractivity contribution in [2.75, 3.05) is 11.9 Å². The highest BCUT2D eigenvalue weighted by Gasteiger charge is 2.25. The minimum absolute atomic E-state index is 0.750. The largest absolute Gasteiger partial charge is 0.369 e. The van der Waals surface area contributed by atoms with Gasteiger partial charge in [0.1, 0.15) is 11.5 Å². The maximum absolute atomic E-state index is 6.26. The quantitative estimate of drug-likeness (QED) is 0.690. The summed E-state index contributed by atoms with van der Waals surface area (Å²) in [4.78, 5) is 1.10. The second-order valence-corrected chi connectivity index (χ2v) is 7.37. The minimum atomic E-state index is 0.750. The van der Waals surface area contributed by atoms with Crippen molar-refractivity contribution >= 4 is 40.4 Å². The molecule has 1 aliphatic rings. The topological polar surface area (TPSA) is 29.9 Å². The second kappa shape index (κ2) is 5.30. The van der Waals surface area contributed by atoms with E-state index in [2.05, 4.69) is 5.32 Å². The van der Waals surface area contributed by atoms with Crippen LogP contribution in [0.4, 0.5) is 5.82 Å². The van der Waals surface area contributed by atoms with Gasteiger partial charge in [0, 0.05) is 17.1 Å². The Morgan fingerprint density at radius 3 is 2.86 bits per heavy atom. The van der Waals surface area contributed by atoms with Crippen LogP contribution >= 0.6 is 34.5 Å².